The van der Waals surface area contributed by atoms with Gasteiger partial charge >= 0.3 is 11.9 Å². The molecule has 0 saturated carbocycles. The molecule has 136 valence electrons. The minimum absolute atomic E-state index is 0.443. The Morgan fingerprint density at radius 1 is 1.00 bits per heavy atom. The van der Waals surface area contributed by atoms with Crippen LogP contribution in [0.3, 0.4) is 0 Å². The molecule has 0 saturated heterocycles. The van der Waals surface area contributed by atoms with Crippen molar-refractivity contribution in [2.24, 2.45) is 5.41 Å². The highest BCUT2D eigenvalue weighted by atomic mass is 28.3. The maximum Gasteiger partial charge on any atom is 0.322 e. The van der Waals surface area contributed by atoms with E-state index in [9.17, 15) is 14.7 Å². The number of rotatable bonds is 13. The fraction of sp³-hybridized carbons (Fsp3) is 0.889. The van der Waals surface area contributed by atoms with E-state index in [1.807, 2.05) is 0 Å². The number of esters is 1. The van der Waals surface area contributed by atoms with Crippen LogP contribution in [0.5, 0.6) is 0 Å². The van der Waals surface area contributed by atoms with Gasteiger partial charge in [0.2, 0.25) is 0 Å². The number of hydrogen-bond acceptors (Lipinski definition) is 3. The lowest BCUT2D eigenvalue weighted by atomic mass is 9.94. The van der Waals surface area contributed by atoms with Crippen LogP contribution in [0.4, 0.5) is 0 Å². The molecule has 0 aromatic carbocycles. The Labute approximate surface area is 143 Å². The van der Waals surface area contributed by atoms with Crippen molar-refractivity contribution in [2.75, 3.05) is 7.11 Å². The molecule has 0 aromatic heterocycles. The van der Waals surface area contributed by atoms with Gasteiger partial charge < -0.3 is 9.84 Å². The molecule has 1 N–H and O–H groups in total. The van der Waals surface area contributed by atoms with Gasteiger partial charge in [0.25, 0.3) is 0 Å². The molecule has 0 heterocycles. The normalized spacial score (nSPS) is 14.3. The summed E-state index contributed by atoms with van der Waals surface area (Å²) in [5.41, 5.74) is -1.40. The smallest absolute Gasteiger partial charge is 0.322 e. The molecule has 0 aliphatic rings. The second-order valence-corrected chi connectivity index (χ2v) is 12.9. The molecule has 0 radical (unpaired) electrons. The molecule has 0 fully saturated rings. The van der Waals surface area contributed by atoms with Gasteiger partial charge in [0.1, 0.15) is 0 Å². The lowest BCUT2D eigenvalue weighted by molar-refractivity contribution is -0.164. The van der Waals surface area contributed by atoms with Crippen LogP contribution < -0.4 is 0 Å². The molecule has 0 bridgehead atoms. The summed E-state index contributed by atoms with van der Waals surface area (Å²) >= 11 is 0. The van der Waals surface area contributed by atoms with Crippen LogP contribution in [-0.4, -0.2) is 32.2 Å². The van der Waals surface area contributed by atoms with E-state index in [0.29, 0.717) is 6.04 Å². The molecular weight excluding hydrogens is 308 g/mol. The standard InChI is InChI=1S/C18H36O4Si/c1-6-7-8-9-10-11-12-13-14-23(4,5)15-18(2,16(19)20)17(21)22-3/h6-15H2,1-5H3,(H,19,20). The zero-order valence-electron chi connectivity index (χ0n) is 15.7. The quantitative estimate of drug-likeness (QED) is 0.218. The first kappa shape index (κ1) is 22.2. The number of carboxylic acids is 1. The maximum atomic E-state index is 11.9. The Morgan fingerprint density at radius 2 is 1.48 bits per heavy atom. The van der Waals surface area contributed by atoms with E-state index in [-0.39, 0.29) is 0 Å². The van der Waals surface area contributed by atoms with E-state index in [4.69, 9.17) is 4.74 Å². The van der Waals surface area contributed by atoms with Crippen LogP contribution in [0.25, 0.3) is 0 Å². The lowest BCUT2D eigenvalue weighted by Gasteiger charge is -2.31. The largest absolute Gasteiger partial charge is 0.480 e. The molecule has 0 aromatic rings. The van der Waals surface area contributed by atoms with Crippen LogP contribution >= 0.6 is 0 Å². The SMILES string of the molecule is CCCCCCCCCC[Si](C)(C)CC(C)(C(=O)O)C(=O)OC. The number of carbonyl (C=O) groups is 2. The van der Waals surface area contributed by atoms with Crippen LogP contribution in [-0.2, 0) is 14.3 Å². The molecule has 23 heavy (non-hydrogen) atoms. The second-order valence-electron chi connectivity index (χ2n) is 7.69. The minimum Gasteiger partial charge on any atom is -0.480 e. The molecule has 0 spiro atoms. The molecule has 0 rings (SSSR count). The van der Waals surface area contributed by atoms with E-state index in [0.717, 1.165) is 12.5 Å². The van der Waals surface area contributed by atoms with Crippen molar-refractivity contribution in [3.05, 3.63) is 0 Å². The molecule has 1 atom stereocenters. The van der Waals surface area contributed by atoms with Gasteiger partial charge in [0, 0.05) is 8.07 Å². The molecule has 4 nitrogen and oxygen atoms in total. The topological polar surface area (TPSA) is 63.6 Å². The van der Waals surface area contributed by atoms with Gasteiger partial charge in [-0.2, -0.15) is 0 Å². The van der Waals surface area contributed by atoms with Crippen molar-refractivity contribution < 1.29 is 19.4 Å². The molecular formula is C18H36O4Si. The van der Waals surface area contributed by atoms with Gasteiger partial charge in [-0.15, -0.1) is 0 Å². The first-order valence-corrected chi connectivity index (χ1v) is 12.4. The predicted molar refractivity (Wildman–Crippen MR) is 97.5 cm³/mol. The van der Waals surface area contributed by atoms with E-state index in [1.54, 1.807) is 0 Å². The summed E-state index contributed by atoms with van der Waals surface area (Å²) in [4.78, 5) is 23.4. The highest BCUT2D eigenvalue weighted by Crippen LogP contribution is 2.34. The van der Waals surface area contributed by atoms with Crippen molar-refractivity contribution in [1.29, 1.82) is 0 Å². The number of methoxy groups -OCH3 is 1. The highest BCUT2D eigenvalue weighted by molar-refractivity contribution is 6.78. The van der Waals surface area contributed by atoms with Gasteiger partial charge in [-0.3, -0.25) is 9.59 Å². The maximum absolute atomic E-state index is 11.9. The first-order chi connectivity index (χ1) is 10.7. The lowest BCUT2D eigenvalue weighted by Crippen LogP contribution is -2.44. The Bertz CT molecular complexity index is 368. The van der Waals surface area contributed by atoms with Crippen LogP contribution in [0.15, 0.2) is 0 Å². The third-order valence-corrected chi connectivity index (χ3v) is 8.02. The van der Waals surface area contributed by atoms with Gasteiger partial charge in [0.15, 0.2) is 5.41 Å². The summed E-state index contributed by atoms with van der Waals surface area (Å²) in [6.07, 6.45) is 10.2. The summed E-state index contributed by atoms with van der Waals surface area (Å²) < 4.78 is 4.71. The molecule has 0 amide bonds. The predicted octanol–water partition coefficient (Wildman–Crippen LogP) is 5.10. The number of unbranched alkanes of at least 4 members (excludes halogenated alkanes) is 7. The summed E-state index contributed by atoms with van der Waals surface area (Å²) in [7, 11) is -0.483. The summed E-state index contributed by atoms with van der Waals surface area (Å²) in [6, 6.07) is 1.51. The molecule has 0 aliphatic heterocycles. The van der Waals surface area contributed by atoms with Crippen molar-refractivity contribution in [1.82, 2.24) is 0 Å². The monoisotopic (exact) mass is 344 g/mol. The van der Waals surface area contributed by atoms with E-state index in [1.165, 1.54) is 59.0 Å². The van der Waals surface area contributed by atoms with Crippen LogP contribution in [0.1, 0.15) is 65.2 Å². The van der Waals surface area contributed by atoms with Crippen molar-refractivity contribution in [2.45, 2.75) is 90.4 Å². The third-order valence-electron chi connectivity index (χ3n) is 4.65. The van der Waals surface area contributed by atoms with Crippen LogP contribution in [0, 0.1) is 5.41 Å². The van der Waals surface area contributed by atoms with E-state index >= 15 is 0 Å². The summed E-state index contributed by atoms with van der Waals surface area (Å²) in [5.74, 6) is -1.69. The number of carboxylic acid groups (broad SMARTS) is 1. The van der Waals surface area contributed by atoms with Gasteiger partial charge in [-0.05, 0) is 13.0 Å². The Balaban J connectivity index is 4.21. The number of hydrogen-bond donors (Lipinski definition) is 1. The summed E-state index contributed by atoms with van der Waals surface area (Å²) in [5, 5.41) is 9.43. The number of aliphatic carboxylic acids is 1. The van der Waals surface area contributed by atoms with E-state index in [2.05, 4.69) is 20.0 Å². The zero-order valence-corrected chi connectivity index (χ0v) is 16.7. The Morgan fingerprint density at radius 3 is 1.91 bits per heavy atom. The zero-order chi connectivity index (χ0) is 17.9. The van der Waals surface area contributed by atoms with Crippen LogP contribution in [0.2, 0.25) is 25.2 Å². The fourth-order valence-corrected chi connectivity index (χ4v) is 6.84. The van der Waals surface area contributed by atoms with Gasteiger partial charge in [-0.25, -0.2) is 0 Å². The third kappa shape index (κ3) is 8.54. The highest BCUT2D eigenvalue weighted by Gasteiger charge is 2.46. The molecule has 0 aliphatic carbocycles. The minimum atomic E-state index is -1.74. The Kier molecular flexibility index (Phi) is 10.4. The first-order valence-electron chi connectivity index (χ1n) is 9.01. The average molecular weight is 345 g/mol. The van der Waals surface area contributed by atoms with Gasteiger partial charge in [0.05, 0.1) is 7.11 Å². The number of ether oxygens (including phenoxy) is 1. The molecule has 1 unspecified atom stereocenters. The average Bonchev–Trinajstić information content (AvgIpc) is 2.48. The number of carbonyl (C=O) groups excluding carboxylic acids is 1. The van der Waals surface area contributed by atoms with E-state index < -0.39 is 25.4 Å². The van der Waals surface area contributed by atoms with Gasteiger partial charge in [-0.1, -0.05) is 77.4 Å². The molecule has 5 heteroatoms. The fourth-order valence-electron chi connectivity index (χ4n) is 3.24. The van der Waals surface area contributed by atoms with Crippen molar-refractivity contribution in [3.63, 3.8) is 0 Å². The Hall–Kier alpha value is -0.843. The summed E-state index contributed by atoms with van der Waals surface area (Å²) in [6.45, 7) is 8.09. The van der Waals surface area contributed by atoms with Crippen molar-refractivity contribution >= 4 is 20.0 Å². The van der Waals surface area contributed by atoms with Crippen molar-refractivity contribution in [3.8, 4) is 0 Å². The second kappa shape index (κ2) is 10.8.